The summed E-state index contributed by atoms with van der Waals surface area (Å²) in [6, 6.07) is 17.5. The fourth-order valence-electron chi connectivity index (χ4n) is 4.48. The summed E-state index contributed by atoms with van der Waals surface area (Å²) in [4.78, 5) is 4.61. The van der Waals surface area contributed by atoms with Gasteiger partial charge in [-0.15, -0.1) is 5.10 Å². The summed E-state index contributed by atoms with van der Waals surface area (Å²) in [5.41, 5.74) is 3.35. The van der Waals surface area contributed by atoms with Gasteiger partial charge in [-0.3, -0.25) is 0 Å². The van der Waals surface area contributed by atoms with Crippen molar-refractivity contribution in [2.45, 2.75) is 17.3 Å². The molecule has 9 heteroatoms. The van der Waals surface area contributed by atoms with Crippen LogP contribution in [-0.2, 0) is 0 Å². The topological polar surface area (TPSA) is 52.0 Å². The maximum absolute atomic E-state index is 15.1. The van der Waals surface area contributed by atoms with Crippen molar-refractivity contribution in [1.82, 2.24) is 14.8 Å². The lowest BCUT2D eigenvalue weighted by atomic mass is 9.84. The lowest BCUT2D eigenvalue weighted by Gasteiger charge is -2.39. The van der Waals surface area contributed by atoms with Crippen LogP contribution in [0.25, 0.3) is 5.70 Å². The maximum Gasteiger partial charge on any atom is 0.227 e. The highest BCUT2D eigenvalue weighted by Gasteiger charge is 2.42. The van der Waals surface area contributed by atoms with Gasteiger partial charge >= 0.3 is 0 Å². The van der Waals surface area contributed by atoms with Crippen LogP contribution in [0.4, 0.5) is 14.7 Å². The van der Waals surface area contributed by atoms with Crippen molar-refractivity contribution < 1.29 is 13.5 Å². The molecule has 2 aliphatic heterocycles. The highest BCUT2D eigenvalue weighted by Crippen LogP contribution is 2.51. The van der Waals surface area contributed by atoms with E-state index >= 15 is 4.39 Å². The van der Waals surface area contributed by atoms with Crippen LogP contribution in [-0.4, -0.2) is 21.0 Å². The van der Waals surface area contributed by atoms with E-state index in [0.717, 1.165) is 22.4 Å². The number of anilines is 1. The number of nitrogens with zero attached hydrogens (tertiary/aromatic N) is 3. The summed E-state index contributed by atoms with van der Waals surface area (Å²) in [6.45, 7) is 0. The molecule has 0 fully saturated rings. The van der Waals surface area contributed by atoms with Crippen LogP contribution >= 0.6 is 23.4 Å². The second-order valence-electron chi connectivity index (χ2n) is 7.94. The number of hydrogen-bond donors (Lipinski definition) is 1. The Morgan fingerprint density at radius 2 is 1.85 bits per heavy atom. The van der Waals surface area contributed by atoms with E-state index in [1.807, 2.05) is 6.26 Å². The molecule has 0 amide bonds. The van der Waals surface area contributed by atoms with Crippen molar-refractivity contribution in [3.05, 3.63) is 106 Å². The predicted molar refractivity (Wildman–Crippen MR) is 128 cm³/mol. The fraction of sp³-hybridized carbons (Fsp3) is 0.120. The first-order valence-electron chi connectivity index (χ1n) is 10.5. The average Bonchev–Trinajstić information content (AvgIpc) is 3.26. The SMILES string of the molecule is CSc1nc2n(n1)[C@H](c1ccc(F)cc1)C1=C(N2)c2cc(Cl)ccc2O[C@H]1c1ccccc1F. The van der Waals surface area contributed by atoms with Crippen molar-refractivity contribution in [2.24, 2.45) is 0 Å². The van der Waals surface area contributed by atoms with Crippen molar-refractivity contribution in [3.63, 3.8) is 0 Å². The summed E-state index contributed by atoms with van der Waals surface area (Å²) >= 11 is 7.75. The van der Waals surface area contributed by atoms with Gasteiger partial charge in [0.2, 0.25) is 11.1 Å². The summed E-state index contributed by atoms with van der Waals surface area (Å²) < 4.78 is 37.1. The first kappa shape index (κ1) is 21.2. The van der Waals surface area contributed by atoms with Gasteiger partial charge < -0.3 is 10.1 Å². The molecule has 3 heterocycles. The zero-order valence-corrected chi connectivity index (χ0v) is 19.4. The average molecular weight is 495 g/mol. The Morgan fingerprint density at radius 3 is 2.62 bits per heavy atom. The van der Waals surface area contributed by atoms with E-state index in [0.29, 0.717) is 27.4 Å². The van der Waals surface area contributed by atoms with Crippen LogP contribution in [0.1, 0.15) is 28.8 Å². The zero-order chi connectivity index (χ0) is 23.4. The Hall–Kier alpha value is -3.36. The molecule has 34 heavy (non-hydrogen) atoms. The Bertz CT molecular complexity index is 1450. The number of fused-ring (bicyclic) bond motifs is 3. The third kappa shape index (κ3) is 3.36. The molecule has 0 aliphatic carbocycles. The molecular weight excluding hydrogens is 478 g/mol. The molecule has 0 saturated carbocycles. The molecule has 0 unspecified atom stereocenters. The maximum atomic E-state index is 15.1. The molecule has 0 spiro atoms. The van der Waals surface area contributed by atoms with Crippen molar-refractivity contribution in [3.8, 4) is 5.75 Å². The Morgan fingerprint density at radius 1 is 1.06 bits per heavy atom. The predicted octanol–water partition coefficient (Wildman–Crippen LogP) is 6.49. The largest absolute Gasteiger partial charge is 0.480 e. The van der Waals surface area contributed by atoms with E-state index < -0.39 is 12.1 Å². The quantitative estimate of drug-likeness (QED) is 0.330. The van der Waals surface area contributed by atoms with Gasteiger partial charge in [-0.05, 0) is 48.2 Å². The first-order valence-corrected chi connectivity index (χ1v) is 12.1. The normalized spacial score (nSPS) is 18.5. The van der Waals surface area contributed by atoms with Gasteiger partial charge in [-0.2, -0.15) is 4.98 Å². The Balaban J connectivity index is 1.66. The molecule has 1 N–H and O–H groups in total. The van der Waals surface area contributed by atoms with Crippen LogP contribution in [0.5, 0.6) is 5.75 Å². The molecule has 2 atom stereocenters. The van der Waals surface area contributed by atoms with Gasteiger partial charge in [0.25, 0.3) is 0 Å². The Labute approximate surface area is 203 Å². The van der Waals surface area contributed by atoms with E-state index in [1.54, 1.807) is 53.2 Å². The summed E-state index contributed by atoms with van der Waals surface area (Å²) in [7, 11) is 0. The van der Waals surface area contributed by atoms with Crippen LogP contribution in [0.15, 0.2) is 77.5 Å². The highest BCUT2D eigenvalue weighted by atomic mass is 35.5. The number of hydrogen-bond acceptors (Lipinski definition) is 5. The molecule has 2 aliphatic rings. The van der Waals surface area contributed by atoms with E-state index in [-0.39, 0.29) is 11.6 Å². The van der Waals surface area contributed by atoms with Crippen LogP contribution < -0.4 is 10.1 Å². The molecule has 0 bridgehead atoms. The van der Waals surface area contributed by atoms with Gasteiger partial charge in [-0.1, -0.05) is 53.7 Å². The summed E-state index contributed by atoms with van der Waals surface area (Å²) in [6.07, 6.45) is 1.13. The highest BCUT2D eigenvalue weighted by molar-refractivity contribution is 7.98. The molecule has 6 rings (SSSR count). The minimum Gasteiger partial charge on any atom is -0.480 e. The van der Waals surface area contributed by atoms with Crippen LogP contribution in [0.2, 0.25) is 5.02 Å². The van der Waals surface area contributed by atoms with Crippen LogP contribution in [0.3, 0.4) is 0 Å². The minimum absolute atomic E-state index is 0.349. The second kappa shape index (κ2) is 8.14. The summed E-state index contributed by atoms with van der Waals surface area (Å²) in [5, 5.41) is 9.17. The third-order valence-electron chi connectivity index (χ3n) is 5.97. The molecule has 5 nitrogen and oxygen atoms in total. The number of halogens is 3. The second-order valence-corrected chi connectivity index (χ2v) is 9.15. The van der Waals surface area contributed by atoms with Gasteiger partial charge in [0.05, 0.1) is 5.70 Å². The van der Waals surface area contributed by atoms with Gasteiger partial charge in [0, 0.05) is 21.7 Å². The van der Waals surface area contributed by atoms with E-state index in [2.05, 4.69) is 15.4 Å². The molecule has 4 aromatic rings. The third-order valence-corrected chi connectivity index (χ3v) is 6.74. The van der Waals surface area contributed by atoms with E-state index in [1.165, 1.54) is 30.0 Å². The molecule has 1 aromatic heterocycles. The van der Waals surface area contributed by atoms with E-state index in [9.17, 15) is 4.39 Å². The molecule has 0 saturated heterocycles. The first-order chi connectivity index (χ1) is 16.5. The molecular formula is C25H17ClF2N4OS. The van der Waals surface area contributed by atoms with Crippen LogP contribution in [0, 0.1) is 11.6 Å². The van der Waals surface area contributed by atoms with Gasteiger partial charge in [-0.25, -0.2) is 13.5 Å². The number of nitrogens with one attached hydrogen (secondary N) is 1. The molecule has 0 radical (unpaired) electrons. The number of aromatic nitrogens is 3. The van der Waals surface area contributed by atoms with Gasteiger partial charge in [0.15, 0.2) is 6.10 Å². The standard InChI is InChI=1S/C25H17ClF2N4OS/c1-34-25-30-24-29-21-17-12-14(26)8-11-19(17)33-23(16-4-2-3-5-18(16)28)20(21)22(32(24)31-25)13-6-9-15(27)10-7-13/h2-12,22-23H,1H3,(H,29,30,31)/t22-,23+/m1/s1. The smallest absolute Gasteiger partial charge is 0.227 e. The number of ether oxygens (including phenoxy) is 1. The number of benzene rings is 3. The van der Waals surface area contributed by atoms with Crippen molar-refractivity contribution in [2.75, 3.05) is 11.6 Å². The Kier molecular flexibility index (Phi) is 5.08. The monoisotopic (exact) mass is 494 g/mol. The summed E-state index contributed by atoms with van der Waals surface area (Å²) in [5.74, 6) is 0.360. The fourth-order valence-corrected chi connectivity index (χ4v) is 5.00. The minimum atomic E-state index is -0.762. The molecule has 3 aromatic carbocycles. The van der Waals surface area contributed by atoms with Gasteiger partial charge in [0.1, 0.15) is 23.4 Å². The molecule has 170 valence electrons. The lowest BCUT2D eigenvalue weighted by molar-refractivity contribution is 0.218. The zero-order valence-electron chi connectivity index (χ0n) is 17.8. The van der Waals surface area contributed by atoms with Crippen molar-refractivity contribution >= 4 is 35.0 Å². The number of thioether (sulfide) groups is 1. The lowest BCUT2D eigenvalue weighted by Crippen LogP contribution is -2.32. The number of rotatable bonds is 3. The van der Waals surface area contributed by atoms with Crippen molar-refractivity contribution in [1.29, 1.82) is 0 Å². The van der Waals surface area contributed by atoms with E-state index in [4.69, 9.17) is 16.3 Å².